The van der Waals surface area contributed by atoms with Crippen LogP contribution in [0.3, 0.4) is 0 Å². The zero-order valence-corrected chi connectivity index (χ0v) is 24.5. The van der Waals surface area contributed by atoms with Crippen LogP contribution in [0.15, 0.2) is 41.8 Å². The number of carbonyl (C=O) groups is 1. The van der Waals surface area contributed by atoms with Crippen molar-refractivity contribution in [3.8, 4) is 0 Å². The first-order valence-corrected chi connectivity index (χ1v) is 15.9. The van der Waals surface area contributed by atoms with E-state index in [0.29, 0.717) is 18.0 Å². The van der Waals surface area contributed by atoms with Gasteiger partial charge in [0.15, 0.2) is 34.5 Å². The van der Waals surface area contributed by atoms with Crippen molar-refractivity contribution in [2.45, 2.75) is 42.3 Å². The number of fused-ring (bicyclic) bond motifs is 1. The number of carbonyl (C=O) groups excluding carboxylic acids is 1. The number of rotatable bonds is 13. The molecule has 2 aromatic heterocycles. The van der Waals surface area contributed by atoms with E-state index in [4.69, 9.17) is 18.9 Å². The molecule has 4 N–H and O–H groups in total. The lowest BCUT2D eigenvalue weighted by molar-refractivity contribution is -0.129. The molecule has 13 nitrogen and oxygen atoms in total. The molecule has 0 saturated carbocycles. The Hall–Kier alpha value is -2.73. The molecule has 1 fully saturated rings. The lowest BCUT2D eigenvalue weighted by Crippen LogP contribution is -2.38. The minimum absolute atomic E-state index is 0.0372. The highest BCUT2D eigenvalue weighted by Gasteiger charge is 2.49. The maximum atomic E-state index is 12.8. The number of hydrogen-bond acceptors (Lipinski definition) is 12. The molecule has 4 rings (SSSR count). The van der Waals surface area contributed by atoms with Crippen LogP contribution in [0, 0.1) is 0 Å². The van der Waals surface area contributed by atoms with Gasteiger partial charge in [0, 0.05) is 28.3 Å². The fourth-order valence-electron chi connectivity index (χ4n) is 3.94. The fourth-order valence-corrected chi connectivity index (χ4v) is 5.34. The second-order valence-corrected chi connectivity index (χ2v) is 11.5. The third-order valence-corrected chi connectivity index (χ3v) is 7.65. The molecule has 1 amide bonds. The summed E-state index contributed by atoms with van der Waals surface area (Å²) in [7, 11) is -3.01. The summed E-state index contributed by atoms with van der Waals surface area (Å²) in [5, 5.41) is 16.7. The number of amides is 1. The van der Waals surface area contributed by atoms with E-state index in [1.165, 1.54) is 10.9 Å². The van der Waals surface area contributed by atoms with Gasteiger partial charge in [-0.1, -0.05) is 30.0 Å². The number of nitrogens with zero attached hydrogens (tertiary/aromatic N) is 4. The second kappa shape index (κ2) is 14.6. The Morgan fingerprint density at radius 2 is 2.00 bits per heavy atom. The largest absolute Gasteiger partial charge is 0.694 e. The third-order valence-electron chi connectivity index (χ3n) is 5.82. The van der Waals surface area contributed by atoms with Gasteiger partial charge in [0.25, 0.3) is 0 Å². The SMILES string of the molecule is CSCCNc1nc(SCCC(F)(F)F)nc2c1ncn2[C@@H]1O[C@H](CO[P+](=O)O)[C@@H](O)[C@H]1OC(=O)Nc1ccccc1. The van der Waals surface area contributed by atoms with Crippen LogP contribution in [-0.2, 0) is 18.6 Å². The van der Waals surface area contributed by atoms with E-state index in [9.17, 15) is 27.6 Å². The van der Waals surface area contributed by atoms with Gasteiger partial charge in [0.2, 0.25) is 0 Å². The van der Waals surface area contributed by atoms with Gasteiger partial charge in [-0.2, -0.15) is 24.9 Å². The number of halogens is 3. The van der Waals surface area contributed by atoms with Crippen molar-refractivity contribution in [2.75, 3.05) is 41.5 Å². The van der Waals surface area contributed by atoms with Crippen molar-refractivity contribution in [2.24, 2.45) is 0 Å². The van der Waals surface area contributed by atoms with Gasteiger partial charge in [0.05, 0.1) is 12.7 Å². The average Bonchev–Trinajstić information content (AvgIpc) is 3.48. The van der Waals surface area contributed by atoms with Gasteiger partial charge in [-0.3, -0.25) is 9.88 Å². The van der Waals surface area contributed by atoms with Crippen molar-refractivity contribution in [3.05, 3.63) is 36.7 Å². The van der Waals surface area contributed by atoms with E-state index < -0.39 is 58.1 Å². The van der Waals surface area contributed by atoms with Gasteiger partial charge in [-0.15, -0.1) is 9.42 Å². The van der Waals surface area contributed by atoms with Gasteiger partial charge >= 0.3 is 20.5 Å². The maximum absolute atomic E-state index is 12.8. The summed E-state index contributed by atoms with van der Waals surface area (Å²) in [6.45, 7) is -0.0270. The molecule has 3 heterocycles. The number of para-hydroxylation sites is 1. The third kappa shape index (κ3) is 8.65. The zero-order valence-electron chi connectivity index (χ0n) is 21.9. The molecule has 0 spiro atoms. The normalized spacial score (nSPS) is 21.0. The summed E-state index contributed by atoms with van der Waals surface area (Å²) in [4.78, 5) is 34.9. The highest BCUT2D eigenvalue weighted by Crippen LogP contribution is 2.36. The Balaban J connectivity index is 1.66. The van der Waals surface area contributed by atoms with Crippen LogP contribution >= 0.6 is 31.8 Å². The molecule has 42 heavy (non-hydrogen) atoms. The topological polar surface area (TPSA) is 170 Å². The van der Waals surface area contributed by atoms with Crippen LogP contribution in [0.2, 0.25) is 0 Å². The Labute approximate surface area is 246 Å². The number of aliphatic hydroxyl groups is 1. The maximum Gasteiger partial charge on any atom is 0.694 e. The molecule has 0 aliphatic carbocycles. The van der Waals surface area contributed by atoms with Crippen molar-refractivity contribution >= 4 is 60.5 Å². The fraction of sp³-hybridized carbons (Fsp3) is 0.478. The summed E-state index contributed by atoms with van der Waals surface area (Å²) in [6.07, 6.45) is -8.44. The number of aliphatic hydroxyl groups excluding tert-OH is 1. The molecular weight excluding hydrogens is 624 g/mol. The van der Waals surface area contributed by atoms with Crippen LogP contribution in [0.25, 0.3) is 11.2 Å². The van der Waals surface area contributed by atoms with Crippen molar-refractivity contribution < 1.29 is 46.5 Å². The Morgan fingerprint density at radius 3 is 2.69 bits per heavy atom. The molecule has 0 bridgehead atoms. The highest BCUT2D eigenvalue weighted by molar-refractivity contribution is 7.99. The number of ether oxygens (including phenoxy) is 2. The monoisotopic (exact) mass is 651 g/mol. The van der Waals surface area contributed by atoms with Gasteiger partial charge in [-0.05, 0) is 18.4 Å². The standard InChI is InChI=1S/C23H26F3N6O7PS2/c1-41-10-8-27-18-15-19(31-21(30-18)42-9-7-23(24,25)26)32(12-28-15)20-17(16(33)14(38-20)11-37-40(35)36)39-22(34)29-13-5-3-2-4-6-13/h2-6,12,14,16-17,20,33H,7-11H2,1H3,(H2-,27,29,30,31,34,35,36)/p+1/t14-,16-,17-,20-/m1/s1. The molecule has 1 aliphatic heterocycles. The summed E-state index contributed by atoms with van der Waals surface area (Å²) in [5.74, 6) is 0.662. The zero-order chi connectivity index (χ0) is 30.3. The molecule has 3 aromatic rings. The van der Waals surface area contributed by atoms with Crippen LogP contribution in [0.5, 0.6) is 0 Å². The Bertz CT molecular complexity index is 1370. The molecule has 1 aromatic carbocycles. The van der Waals surface area contributed by atoms with Crippen molar-refractivity contribution in [1.82, 2.24) is 19.5 Å². The van der Waals surface area contributed by atoms with Gasteiger partial charge < -0.3 is 19.9 Å². The first-order chi connectivity index (χ1) is 20.1. The van der Waals surface area contributed by atoms with Crippen LogP contribution < -0.4 is 10.6 Å². The van der Waals surface area contributed by atoms with E-state index in [1.54, 1.807) is 42.1 Å². The number of anilines is 2. The van der Waals surface area contributed by atoms with Crippen molar-refractivity contribution in [3.63, 3.8) is 0 Å². The first-order valence-electron chi connectivity index (χ1n) is 12.4. The minimum Gasteiger partial charge on any atom is -0.438 e. The van der Waals surface area contributed by atoms with E-state index in [-0.39, 0.29) is 27.9 Å². The van der Waals surface area contributed by atoms with Gasteiger partial charge in [0.1, 0.15) is 18.8 Å². The number of thioether (sulfide) groups is 2. The number of imidazole rings is 1. The van der Waals surface area contributed by atoms with Gasteiger partial charge in [-0.25, -0.2) is 19.7 Å². The quantitative estimate of drug-likeness (QED) is 0.0899. The summed E-state index contributed by atoms with van der Waals surface area (Å²) in [6, 6.07) is 8.39. The summed E-state index contributed by atoms with van der Waals surface area (Å²) >= 11 is 2.37. The lowest BCUT2D eigenvalue weighted by Gasteiger charge is -2.22. The summed E-state index contributed by atoms with van der Waals surface area (Å²) < 4.78 is 67.0. The van der Waals surface area contributed by atoms with E-state index in [1.807, 2.05) is 6.26 Å². The number of nitrogens with one attached hydrogen (secondary N) is 2. The van der Waals surface area contributed by atoms with E-state index >= 15 is 0 Å². The lowest BCUT2D eigenvalue weighted by atomic mass is 10.1. The van der Waals surface area contributed by atoms with Crippen molar-refractivity contribution in [1.29, 1.82) is 0 Å². The Kier molecular flexibility index (Phi) is 11.2. The molecule has 228 valence electrons. The molecule has 5 atom stereocenters. The predicted molar refractivity (Wildman–Crippen MR) is 150 cm³/mol. The Morgan fingerprint density at radius 1 is 1.24 bits per heavy atom. The smallest absolute Gasteiger partial charge is 0.438 e. The number of aromatic nitrogens is 4. The van der Waals surface area contributed by atoms with E-state index in [2.05, 4.69) is 25.6 Å². The predicted octanol–water partition coefficient (Wildman–Crippen LogP) is 4.19. The molecule has 1 aliphatic rings. The molecule has 19 heteroatoms. The molecule has 1 unspecified atom stereocenters. The van der Waals surface area contributed by atoms with Crippen LogP contribution in [0.1, 0.15) is 12.6 Å². The second-order valence-electron chi connectivity index (χ2n) is 8.76. The number of benzene rings is 1. The highest BCUT2D eigenvalue weighted by atomic mass is 32.2. The summed E-state index contributed by atoms with van der Waals surface area (Å²) in [5.41, 5.74) is 0.821. The molecular formula is C23H27F3N6O7PS2+. The molecule has 0 radical (unpaired) electrons. The molecule has 1 saturated heterocycles. The average molecular weight is 652 g/mol. The van der Waals surface area contributed by atoms with Crippen LogP contribution in [-0.4, -0.2) is 91.0 Å². The van der Waals surface area contributed by atoms with Crippen LogP contribution in [0.4, 0.5) is 29.5 Å². The minimum atomic E-state index is -4.35. The number of alkyl halides is 3. The van der Waals surface area contributed by atoms with E-state index in [0.717, 1.165) is 11.8 Å². The number of hydrogen-bond donors (Lipinski definition) is 4. The first kappa shape index (κ1) is 32.2.